The fourth-order valence-electron chi connectivity index (χ4n) is 3.37. The number of imide groups is 1. The highest BCUT2D eigenvalue weighted by atomic mass is 35.5. The summed E-state index contributed by atoms with van der Waals surface area (Å²) in [7, 11) is 1.48. The van der Waals surface area contributed by atoms with Gasteiger partial charge in [0.25, 0.3) is 11.1 Å². The van der Waals surface area contributed by atoms with Gasteiger partial charge >= 0.3 is 0 Å². The molecule has 0 bridgehead atoms. The van der Waals surface area contributed by atoms with Crippen molar-refractivity contribution in [2.45, 2.75) is 6.61 Å². The van der Waals surface area contributed by atoms with Crippen LogP contribution in [-0.4, -0.2) is 36.3 Å². The molecule has 6 nitrogen and oxygen atoms in total. The van der Waals surface area contributed by atoms with Gasteiger partial charge in [-0.1, -0.05) is 47.5 Å². The van der Waals surface area contributed by atoms with Crippen molar-refractivity contribution in [3.05, 3.63) is 92.6 Å². The molecule has 186 valence electrons. The lowest BCUT2D eigenvalue weighted by Gasteiger charge is -2.14. The molecule has 1 heterocycles. The summed E-state index contributed by atoms with van der Waals surface area (Å²) in [6.07, 6.45) is 1.59. The molecule has 10 heteroatoms. The Morgan fingerprint density at radius 2 is 1.72 bits per heavy atom. The largest absolute Gasteiger partial charge is 0.493 e. The Morgan fingerprint density at radius 3 is 2.47 bits per heavy atom. The minimum absolute atomic E-state index is 0.0770. The van der Waals surface area contributed by atoms with E-state index in [-0.39, 0.29) is 35.2 Å². The molecule has 0 aromatic heterocycles. The van der Waals surface area contributed by atoms with Gasteiger partial charge in [-0.2, -0.15) is 0 Å². The van der Waals surface area contributed by atoms with Crippen LogP contribution in [0.1, 0.15) is 11.1 Å². The Labute approximate surface area is 221 Å². The zero-order valence-corrected chi connectivity index (χ0v) is 21.3. The van der Waals surface area contributed by atoms with Gasteiger partial charge in [0.15, 0.2) is 11.5 Å². The van der Waals surface area contributed by atoms with Gasteiger partial charge in [0.1, 0.15) is 24.8 Å². The number of carbonyl (C=O) groups is 2. The van der Waals surface area contributed by atoms with Crippen molar-refractivity contribution in [1.29, 1.82) is 0 Å². The van der Waals surface area contributed by atoms with Gasteiger partial charge in [0.2, 0.25) is 0 Å². The Morgan fingerprint density at radius 1 is 0.944 bits per heavy atom. The van der Waals surface area contributed by atoms with Crippen molar-refractivity contribution in [1.82, 2.24) is 4.90 Å². The van der Waals surface area contributed by atoms with E-state index in [9.17, 15) is 14.0 Å². The summed E-state index contributed by atoms with van der Waals surface area (Å²) in [5, 5.41) is 0.298. The first-order valence-electron chi connectivity index (χ1n) is 10.7. The molecule has 1 saturated heterocycles. The molecular weight excluding hydrogens is 528 g/mol. The Bertz CT molecular complexity index is 1310. The molecule has 1 aliphatic heterocycles. The van der Waals surface area contributed by atoms with Crippen molar-refractivity contribution in [3.8, 4) is 17.2 Å². The zero-order valence-electron chi connectivity index (χ0n) is 19.0. The molecule has 2 amide bonds. The molecule has 0 aliphatic carbocycles. The van der Waals surface area contributed by atoms with Crippen LogP contribution in [0.15, 0.2) is 65.6 Å². The monoisotopic (exact) mass is 547 g/mol. The van der Waals surface area contributed by atoms with Crippen molar-refractivity contribution >= 4 is 52.2 Å². The number of amides is 2. The molecule has 1 aliphatic rings. The summed E-state index contributed by atoms with van der Waals surface area (Å²) in [5.74, 6) is 0.320. The topological polar surface area (TPSA) is 65.1 Å². The number of halogens is 3. The predicted molar refractivity (Wildman–Crippen MR) is 138 cm³/mol. The van der Waals surface area contributed by atoms with E-state index in [1.807, 2.05) is 0 Å². The first kappa shape index (κ1) is 25.9. The first-order valence-corrected chi connectivity index (χ1v) is 12.3. The second kappa shape index (κ2) is 11.7. The lowest BCUT2D eigenvalue weighted by Crippen LogP contribution is -2.32. The maximum atomic E-state index is 14.1. The number of methoxy groups -OCH3 is 1. The fraction of sp³-hybridized carbons (Fsp3) is 0.154. The van der Waals surface area contributed by atoms with Gasteiger partial charge in [-0.25, -0.2) is 4.39 Å². The van der Waals surface area contributed by atoms with E-state index in [1.165, 1.54) is 19.2 Å². The molecule has 0 unspecified atom stereocenters. The molecule has 0 saturated carbocycles. The fourth-order valence-corrected chi connectivity index (χ4v) is 4.64. The van der Waals surface area contributed by atoms with Crippen LogP contribution in [0.4, 0.5) is 9.18 Å². The third kappa shape index (κ3) is 5.95. The van der Waals surface area contributed by atoms with E-state index < -0.39 is 17.0 Å². The molecule has 0 radical (unpaired) electrons. The van der Waals surface area contributed by atoms with Gasteiger partial charge in [-0.15, -0.1) is 0 Å². The summed E-state index contributed by atoms with van der Waals surface area (Å²) in [5.41, 5.74) is 0.815. The van der Waals surface area contributed by atoms with Gasteiger partial charge in [-0.05, 0) is 59.8 Å². The molecule has 0 atom stereocenters. The van der Waals surface area contributed by atoms with E-state index >= 15 is 0 Å². The van der Waals surface area contributed by atoms with Gasteiger partial charge in [0.05, 0.1) is 28.6 Å². The van der Waals surface area contributed by atoms with Crippen LogP contribution in [0.3, 0.4) is 0 Å². The summed E-state index contributed by atoms with van der Waals surface area (Å²) >= 11 is 13.0. The average molecular weight is 548 g/mol. The van der Waals surface area contributed by atoms with Crippen molar-refractivity contribution in [2.75, 3.05) is 20.3 Å². The third-order valence-electron chi connectivity index (χ3n) is 5.20. The summed E-state index contributed by atoms with van der Waals surface area (Å²) in [6.45, 7) is 0.0645. The standard InChI is InChI=1S/C26H20Cl2FNO5S/c1-33-22-10-9-16(13-23(22)35-15-17-18(27)6-4-7-20(17)29)14-24-25(31)30(26(32)36-24)11-12-34-21-8-3-2-5-19(21)28/h2-10,13-14H,11-12,15H2,1H3/b24-14-. The molecular formula is C26H20Cl2FNO5S. The number of ether oxygens (including phenoxy) is 3. The normalized spacial score (nSPS) is 14.4. The Balaban J connectivity index is 1.45. The number of hydrogen-bond donors (Lipinski definition) is 0. The number of benzene rings is 3. The second-order valence-electron chi connectivity index (χ2n) is 7.51. The number of para-hydroxylation sites is 1. The van der Waals surface area contributed by atoms with Crippen LogP contribution < -0.4 is 14.2 Å². The number of carbonyl (C=O) groups excluding carboxylic acids is 2. The van der Waals surface area contributed by atoms with Crippen molar-refractivity contribution in [2.24, 2.45) is 0 Å². The highest BCUT2D eigenvalue weighted by Gasteiger charge is 2.34. The minimum atomic E-state index is -0.482. The van der Waals surface area contributed by atoms with Crippen LogP contribution in [0.2, 0.25) is 10.0 Å². The minimum Gasteiger partial charge on any atom is -0.493 e. The smallest absolute Gasteiger partial charge is 0.293 e. The predicted octanol–water partition coefficient (Wildman–Crippen LogP) is 6.84. The van der Waals surface area contributed by atoms with Crippen LogP contribution in [0.5, 0.6) is 17.2 Å². The molecule has 36 heavy (non-hydrogen) atoms. The Kier molecular flexibility index (Phi) is 8.40. The molecule has 3 aromatic carbocycles. The average Bonchev–Trinajstić information content (AvgIpc) is 3.12. The summed E-state index contributed by atoms with van der Waals surface area (Å²) < 4.78 is 30.8. The van der Waals surface area contributed by atoms with Crippen LogP contribution in [0.25, 0.3) is 6.08 Å². The number of thioether (sulfide) groups is 1. The first-order chi connectivity index (χ1) is 17.4. The number of hydrogen-bond acceptors (Lipinski definition) is 6. The van der Waals surface area contributed by atoms with Gasteiger partial charge in [-0.3, -0.25) is 14.5 Å². The highest BCUT2D eigenvalue weighted by molar-refractivity contribution is 8.18. The lowest BCUT2D eigenvalue weighted by molar-refractivity contribution is -0.123. The second-order valence-corrected chi connectivity index (χ2v) is 9.32. The zero-order chi connectivity index (χ0) is 25.7. The summed E-state index contributed by atoms with van der Waals surface area (Å²) in [6, 6.07) is 16.4. The van der Waals surface area contributed by atoms with Crippen LogP contribution in [0, 0.1) is 5.82 Å². The van der Waals surface area contributed by atoms with E-state index in [2.05, 4.69) is 0 Å². The molecule has 0 spiro atoms. The quantitative estimate of drug-likeness (QED) is 0.273. The maximum Gasteiger partial charge on any atom is 0.293 e. The number of rotatable bonds is 9. The molecule has 1 fully saturated rings. The van der Waals surface area contributed by atoms with Crippen molar-refractivity contribution < 1.29 is 28.2 Å². The van der Waals surface area contributed by atoms with Crippen LogP contribution in [-0.2, 0) is 11.4 Å². The van der Waals surface area contributed by atoms with Crippen LogP contribution >= 0.6 is 35.0 Å². The van der Waals surface area contributed by atoms with Gasteiger partial charge in [0, 0.05) is 5.56 Å². The SMILES string of the molecule is COc1ccc(/C=C2\SC(=O)N(CCOc3ccccc3Cl)C2=O)cc1OCc1c(F)cccc1Cl. The van der Waals surface area contributed by atoms with Crippen molar-refractivity contribution in [3.63, 3.8) is 0 Å². The van der Waals surface area contributed by atoms with E-state index in [0.29, 0.717) is 27.8 Å². The maximum absolute atomic E-state index is 14.1. The summed E-state index contributed by atoms with van der Waals surface area (Å²) in [4.78, 5) is 26.7. The van der Waals surface area contributed by atoms with E-state index in [4.69, 9.17) is 37.4 Å². The third-order valence-corrected chi connectivity index (χ3v) is 6.78. The molecule has 0 N–H and O–H groups in total. The molecule has 3 aromatic rings. The van der Waals surface area contributed by atoms with E-state index in [1.54, 1.807) is 54.6 Å². The number of nitrogens with zero attached hydrogens (tertiary/aromatic N) is 1. The van der Waals surface area contributed by atoms with E-state index in [0.717, 1.165) is 16.7 Å². The Hall–Kier alpha value is -3.20. The highest BCUT2D eigenvalue weighted by Crippen LogP contribution is 2.35. The lowest BCUT2D eigenvalue weighted by atomic mass is 10.1. The molecule has 4 rings (SSSR count). The van der Waals surface area contributed by atoms with Gasteiger partial charge < -0.3 is 14.2 Å².